The fraction of sp³-hybridized carbons (Fsp3) is 0. The van der Waals surface area contributed by atoms with Crippen LogP contribution >= 0.6 is 18.6 Å². The summed E-state index contributed by atoms with van der Waals surface area (Å²) in [6.07, 6.45) is 2.86. The summed E-state index contributed by atoms with van der Waals surface area (Å²) < 4.78 is 0. The summed E-state index contributed by atoms with van der Waals surface area (Å²) in [5, 5.41) is 27.7. The van der Waals surface area contributed by atoms with Gasteiger partial charge in [-0.15, -0.1) is 103 Å². The summed E-state index contributed by atoms with van der Waals surface area (Å²) in [7, 11) is 9.78. The maximum absolute atomic E-state index is 4.89. The summed E-state index contributed by atoms with van der Waals surface area (Å²) in [4.78, 5) is 3.03. The molecule has 8 nitrogen and oxygen atoms in total. The Morgan fingerprint density at radius 3 is 1.45 bits per heavy atom. The fourth-order valence-corrected chi connectivity index (χ4v) is 3.07. The van der Waals surface area contributed by atoms with Crippen molar-refractivity contribution in [3.05, 3.63) is 85.5 Å². The summed E-state index contributed by atoms with van der Waals surface area (Å²) in [6.45, 7) is 0. The van der Waals surface area contributed by atoms with Crippen molar-refractivity contribution in [2.24, 2.45) is 0 Å². The molecule has 0 bridgehead atoms. The third kappa shape index (κ3) is 5.23. The first-order valence-electron chi connectivity index (χ1n) is 9.02. The molecule has 0 aliphatic rings. The summed E-state index contributed by atoms with van der Waals surface area (Å²) in [6, 6.07) is 24.5. The molecule has 6 rings (SSSR count). The molecule has 6 aromatic rings. The average Bonchev–Trinajstić information content (AvgIpc) is 3.60. The molecule has 0 unspecified atom stereocenters. The molecule has 0 fully saturated rings. The van der Waals surface area contributed by atoms with Gasteiger partial charge in [0.2, 0.25) is 0 Å². The van der Waals surface area contributed by atoms with Crippen molar-refractivity contribution < 1.29 is 17.0 Å². The van der Waals surface area contributed by atoms with E-state index in [-0.39, 0.29) is 0 Å². The van der Waals surface area contributed by atoms with Gasteiger partial charge < -0.3 is 0 Å². The standard InChI is InChI=1S/2C10H7N4.2ClH.Ti/c2*1-2-4-9-6-10(5-8(9)3-1)14-12-7-11-13-14;;;/h2*1-7H;2*1H;/q2*-1;;;+2/p-2. The Kier molecular flexibility index (Phi) is 7.16. The van der Waals surface area contributed by atoms with Crippen LogP contribution in [0.25, 0.3) is 32.9 Å². The van der Waals surface area contributed by atoms with Gasteiger partial charge in [0, 0.05) is 0 Å². The number of hydrogen-bond acceptors (Lipinski definition) is 6. The van der Waals surface area contributed by atoms with Gasteiger partial charge >= 0.3 is 35.6 Å². The van der Waals surface area contributed by atoms with E-state index in [1.54, 1.807) is 0 Å². The van der Waals surface area contributed by atoms with Crippen molar-refractivity contribution in [3.63, 3.8) is 0 Å². The minimum atomic E-state index is -0.556. The van der Waals surface area contributed by atoms with Crippen LogP contribution in [-0.4, -0.2) is 40.4 Å². The number of rotatable bonds is 2. The monoisotopic (exact) mass is 484 g/mol. The number of aromatic nitrogens is 8. The van der Waals surface area contributed by atoms with Gasteiger partial charge in [0.05, 0.1) is 0 Å². The summed E-state index contributed by atoms with van der Waals surface area (Å²) in [5.74, 6) is 0. The normalized spacial score (nSPS) is 10.3. The predicted molar refractivity (Wildman–Crippen MR) is 116 cm³/mol. The molecule has 0 aliphatic heterocycles. The SMILES string of the molecule is [Cl][Ti][Cl].c1ccc2[cH-]c(-n3ncnn3)cc2c1.c1ccc2[cH-]c(-n3ncnn3)cc2c1. The smallest absolute Gasteiger partial charge is 0.151 e. The van der Waals surface area contributed by atoms with Crippen molar-refractivity contribution >= 4 is 40.2 Å². The van der Waals surface area contributed by atoms with Crippen LogP contribution in [0.2, 0.25) is 0 Å². The summed E-state index contributed by atoms with van der Waals surface area (Å²) in [5.41, 5.74) is 1.90. The zero-order chi connectivity index (χ0) is 21.5. The molecule has 2 heterocycles. The Hall–Kier alpha value is -2.91. The zero-order valence-corrected chi connectivity index (χ0v) is 19.0. The van der Waals surface area contributed by atoms with E-state index < -0.39 is 17.0 Å². The molecule has 0 saturated carbocycles. The molecule has 0 aliphatic carbocycles. The predicted octanol–water partition coefficient (Wildman–Crippen LogP) is 4.45. The molecular formula is C20H14Cl2N8Ti-2. The van der Waals surface area contributed by atoms with Gasteiger partial charge in [-0.25, -0.2) is 0 Å². The van der Waals surface area contributed by atoms with E-state index in [9.17, 15) is 0 Å². The van der Waals surface area contributed by atoms with Crippen LogP contribution in [-0.2, 0) is 17.0 Å². The van der Waals surface area contributed by atoms with Crippen LogP contribution in [0.5, 0.6) is 0 Å². The first-order valence-corrected chi connectivity index (χ1v) is 13.3. The van der Waals surface area contributed by atoms with Crippen molar-refractivity contribution in [2.75, 3.05) is 0 Å². The molecule has 11 heteroatoms. The average molecular weight is 485 g/mol. The minimum absolute atomic E-state index is 0.556. The fourth-order valence-electron chi connectivity index (χ4n) is 3.07. The van der Waals surface area contributed by atoms with E-state index in [0.29, 0.717) is 0 Å². The van der Waals surface area contributed by atoms with Crippen LogP contribution in [0.4, 0.5) is 0 Å². The van der Waals surface area contributed by atoms with Gasteiger partial charge in [0.15, 0.2) is 12.7 Å². The van der Waals surface area contributed by atoms with Gasteiger partial charge in [-0.05, 0) is 21.8 Å². The van der Waals surface area contributed by atoms with E-state index in [2.05, 4.69) is 55.1 Å². The second-order valence-corrected chi connectivity index (χ2v) is 8.79. The van der Waals surface area contributed by atoms with E-state index in [1.165, 1.54) is 43.8 Å². The van der Waals surface area contributed by atoms with Crippen LogP contribution in [0.15, 0.2) is 85.5 Å². The van der Waals surface area contributed by atoms with Crippen molar-refractivity contribution in [2.45, 2.75) is 0 Å². The molecule has 0 saturated heterocycles. The third-order valence-electron chi connectivity index (χ3n) is 4.37. The Morgan fingerprint density at radius 2 is 1.10 bits per heavy atom. The number of tetrazole rings is 2. The number of hydrogen-bond donors (Lipinski definition) is 0. The first kappa shape index (κ1) is 21.3. The van der Waals surface area contributed by atoms with Crippen LogP contribution < -0.4 is 0 Å². The second kappa shape index (κ2) is 10.4. The molecule has 2 aromatic heterocycles. The van der Waals surface area contributed by atoms with E-state index in [4.69, 9.17) is 18.6 Å². The largest absolute Gasteiger partial charge is 0.162 e. The maximum atomic E-state index is 4.89. The van der Waals surface area contributed by atoms with Crippen molar-refractivity contribution in [1.29, 1.82) is 0 Å². The number of fused-ring (bicyclic) bond motifs is 2. The zero-order valence-electron chi connectivity index (χ0n) is 15.9. The van der Waals surface area contributed by atoms with Crippen molar-refractivity contribution in [1.82, 2.24) is 40.4 Å². The van der Waals surface area contributed by atoms with Crippen molar-refractivity contribution in [3.8, 4) is 11.4 Å². The Bertz CT molecular complexity index is 1170. The van der Waals surface area contributed by atoms with Gasteiger partial charge in [0.25, 0.3) is 0 Å². The van der Waals surface area contributed by atoms with Gasteiger partial charge in [0.1, 0.15) is 0 Å². The molecule has 4 aromatic carbocycles. The topological polar surface area (TPSA) is 87.2 Å². The molecule has 0 radical (unpaired) electrons. The van der Waals surface area contributed by atoms with E-state index in [0.717, 1.165) is 11.4 Å². The molecule has 31 heavy (non-hydrogen) atoms. The molecule has 154 valence electrons. The molecular weight excluding hydrogens is 471 g/mol. The molecule has 0 amide bonds. The van der Waals surface area contributed by atoms with Gasteiger partial charge in [-0.3, -0.25) is 0 Å². The van der Waals surface area contributed by atoms with Gasteiger partial charge in [-0.1, -0.05) is 12.1 Å². The first-order chi connectivity index (χ1) is 15.3. The van der Waals surface area contributed by atoms with Crippen LogP contribution in [0, 0.1) is 0 Å². The number of nitrogens with zero attached hydrogens (tertiary/aromatic N) is 8. The van der Waals surface area contributed by atoms with Gasteiger partial charge in [-0.2, -0.15) is 9.59 Å². The third-order valence-corrected chi connectivity index (χ3v) is 4.37. The molecule has 0 spiro atoms. The maximum Gasteiger partial charge on any atom is 0.162 e. The summed E-state index contributed by atoms with van der Waals surface area (Å²) >= 11 is -0.556. The second-order valence-electron chi connectivity index (χ2n) is 6.21. The number of halogens is 2. The Morgan fingerprint density at radius 1 is 0.677 bits per heavy atom. The van der Waals surface area contributed by atoms with E-state index >= 15 is 0 Å². The molecule has 0 N–H and O–H groups in total. The minimum Gasteiger partial charge on any atom is -0.151 e. The number of benzene rings is 2. The van der Waals surface area contributed by atoms with E-state index in [1.807, 2.05) is 48.5 Å². The quantitative estimate of drug-likeness (QED) is 0.266. The Balaban J connectivity index is 0.000000133. The Labute approximate surface area is 193 Å². The van der Waals surface area contributed by atoms with Crippen LogP contribution in [0.1, 0.15) is 0 Å². The molecule has 0 atom stereocenters. The van der Waals surface area contributed by atoms with Crippen LogP contribution in [0.3, 0.4) is 0 Å².